The van der Waals surface area contributed by atoms with Gasteiger partial charge in [0.1, 0.15) is 0 Å². The SMILES string of the molecule is C1CCCNCCNCCCNCCNCC1. The van der Waals surface area contributed by atoms with Crippen molar-refractivity contribution in [2.45, 2.75) is 32.1 Å². The lowest BCUT2D eigenvalue weighted by atomic mass is 10.2. The summed E-state index contributed by atoms with van der Waals surface area (Å²) in [6, 6.07) is 0. The van der Waals surface area contributed by atoms with Gasteiger partial charge in [0.25, 0.3) is 0 Å². The van der Waals surface area contributed by atoms with E-state index in [1.807, 2.05) is 0 Å². The van der Waals surface area contributed by atoms with Crippen LogP contribution in [0.25, 0.3) is 0 Å². The molecule has 0 bridgehead atoms. The van der Waals surface area contributed by atoms with Crippen molar-refractivity contribution in [2.24, 2.45) is 0 Å². The molecule has 1 saturated heterocycles. The second-order valence-corrected chi connectivity index (χ2v) is 4.77. The zero-order chi connectivity index (χ0) is 12.0. The fourth-order valence-electron chi connectivity index (χ4n) is 2.05. The molecule has 0 atom stereocenters. The van der Waals surface area contributed by atoms with Crippen LogP contribution in [-0.2, 0) is 0 Å². The Morgan fingerprint density at radius 1 is 0.294 bits per heavy atom. The molecule has 102 valence electrons. The van der Waals surface area contributed by atoms with E-state index >= 15 is 0 Å². The molecule has 1 aliphatic rings. The van der Waals surface area contributed by atoms with Gasteiger partial charge >= 0.3 is 0 Å². The molecule has 0 amide bonds. The van der Waals surface area contributed by atoms with Gasteiger partial charge in [0.15, 0.2) is 0 Å². The van der Waals surface area contributed by atoms with E-state index < -0.39 is 0 Å². The standard InChI is InChI=1S/C13H30N4/c1-2-4-7-15-11-13-17-9-5-8-16-12-10-14-6-3-1/h14-17H,1-13H2. The summed E-state index contributed by atoms with van der Waals surface area (Å²) in [5.74, 6) is 0. The molecular weight excluding hydrogens is 212 g/mol. The molecule has 0 aromatic rings. The third kappa shape index (κ3) is 10.7. The van der Waals surface area contributed by atoms with E-state index in [0.717, 1.165) is 39.3 Å². The van der Waals surface area contributed by atoms with E-state index in [-0.39, 0.29) is 0 Å². The second kappa shape index (κ2) is 12.3. The molecule has 0 spiro atoms. The first-order valence-corrected chi connectivity index (χ1v) is 7.33. The molecule has 0 radical (unpaired) electrons. The Morgan fingerprint density at radius 2 is 0.647 bits per heavy atom. The Balaban J connectivity index is 2.01. The molecule has 0 saturated carbocycles. The minimum atomic E-state index is 1.10. The highest BCUT2D eigenvalue weighted by Gasteiger charge is 1.93. The van der Waals surface area contributed by atoms with Gasteiger partial charge in [0, 0.05) is 26.2 Å². The van der Waals surface area contributed by atoms with E-state index in [4.69, 9.17) is 0 Å². The quantitative estimate of drug-likeness (QED) is 0.494. The Morgan fingerprint density at radius 3 is 1.06 bits per heavy atom. The number of nitrogens with one attached hydrogen (secondary N) is 4. The van der Waals surface area contributed by atoms with Crippen molar-refractivity contribution < 1.29 is 0 Å². The third-order valence-electron chi connectivity index (χ3n) is 3.12. The number of hydrogen-bond acceptors (Lipinski definition) is 4. The lowest BCUT2D eigenvalue weighted by Gasteiger charge is -2.07. The highest BCUT2D eigenvalue weighted by molar-refractivity contribution is 4.57. The van der Waals surface area contributed by atoms with Gasteiger partial charge in [-0.2, -0.15) is 0 Å². The van der Waals surface area contributed by atoms with E-state index in [2.05, 4.69) is 21.3 Å². The van der Waals surface area contributed by atoms with Crippen LogP contribution < -0.4 is 21.3 Å². The van der Waals surface area contributed by atoms with E-state index in [0.29, 0.717) is 0 Å². The van der Waals surface area contributed by atoms with Crippen LogP contribution in [0, 0.1) is 0 Å². The van der Waals surface area contributed by atoms with Crippen molar-refractivity contribution in [3.63, 3.8) is 0 Å². The molecule has 1 rings (SSSR count). The van der Waals surface area contributed by atoms with Crippen molar-refractivity contribution in [1.82, 2.24) is 21.3 Å². The molecule has 0 unspecified atom stereocenters. The summed E-state index contributed by atoms with van der Waals surface area (Å²) in [6.07, 6.45) is 6.59. The summed E-state index contributed by atoms with van der Waals surface area (Å²) in [6.45, 7) is 9.02. The fourth-order valence-corrected chi connectivity index (χ4v) is 2.05. The van der Waals surface area contributed by atoms with Crippen LogP contribution in [0.1, 0.15) is 32.1 Å². The van der Waals surface area contributed by atoms with Gasteiger partial charge in [-0.3, -0.25) is 0 Å². The summed E-state index contributed by atoms with van der Waals surface area (Å²) < 4.78 is 0. The first kappa shape index (κ1) is 14.9. The predicted molar refractivity (Wildman–Crippen MR) is 74.6 cm³/mol. The molecule has 1 heterocycles. The van der Waals surface area contributed by atoms with Crippen molar-refractivity contribution in [3.05, 3.63) is 0 Å². The smallest absolute Gasteiger partial charge is 0.00767 e. The first-order chi connectivity index (χ1) is 8.50. The predicted octanol–water partition coefficient (Wildman–Crippen LogP) is 0.309. The summed E-state index contributed by atoms with van der Waals surface area (Å²) in [5, 5.41) is 13.9. The maximum Gasteiger partial charge on any atom is 0.00767 e. The summed E-state index contributed by atoms with van der Waals surface area (Å²) >= 11 is 0. The minimum Gasteiger partial charge on any atom is -0.315 e. The zero-order valence-corrected chi connectivity index (χ0v) is 11.2. The summed E-state index contributed by atoms with van der Waals surface area (Å²) in [7, 11) is 0. The lowest BCUT2D eigenvalue weighted by Crippen LogP contribution is -2.31. The van der Waals surface area contributed by atoms with Crippen LogP contribution >= 0.6 is 0 Å². The molecule has 1 fully saturated rings. The van der Waals surface area contributed by atoms with E-state index in [9.17, 15) is 0 Å². The molecule has 17 heavy (non-hydrogen) atoms. The number of rotatable bonds is 0. The molecular formula is C13H30N4. The Hall–Kier alpha value is -0.160. The average Bonchev–Trinajstić information content (AvgIpc) is 2.35. The Kier molecular flexibility index (Phi) is 10.8. The maximum atomic E-state index is 3.49. The van der Waals surface area contributed by atoms with Crippen molar-refractivity contribution in [2.75, 3.05) is 52.4 Å². The van der Waals surface area contributed by atoms with Crippen LogP contribution in [0.4, 0.5) is 0 Å². The topological polar surface area (TPSA) is 48.1 Å². The second-order valence-electron chi connectivity index (χ2n) is 4.77. The van der Waals surface area contributed by atoms with Crippen LogP contribution in [-0.4, -0.2) is 52.4 Å². The van der Waals surface area contributed by atoms with Crippen molar-refractivity contribution in [1.29, 1.82) is 0 Å². The summed E-state index contributed by atoms with van der Waals surface area (Å²) in [5.41, 5.74) is 0. The van der Waals surface area contributed by atoms with E-state index in [1.54, 1.807) is 0 Å². The van der Waals surface area contributed by atoms with Crippen molar-refractivity contribution >= 4 is 0 Å². The van der Waals surface area contributed by atoms with Gasteiger partial charge in [-0.15, -0.1) is 0 Å². The Labute approximate surface area is 106 Å². The molecule has 0 aromatic heterocycles. The van der Waals surface area contributed by atoms with E-state index in [1.165, 1.54) is 45.2 Å². The molecule has 4 heteroatoms. The van der Waals surface area contributed by atoms with Gasteiger partial charge in [-0.05, 0) is 45.4 Å². The normalized spacial score (nSPS) is 24.0. The first-order valence-electron chi connectivity index (χ1n) is 7.33. The van der Waals surface area contributed by atoms with Gasteiger partial charge in [0.2, 0.25) is 0 Å². The number of hydrogen-bond donors (Lipinski definition) is 4. The van der Waals surface area contributed by atoms with Gasteiger partial charge in [0.05, 0.1) is 0 Å². The molecule has 0 aromatic carbocycles. The third-order valence-corrected chi connectivity index (χ3v) is 3.12. The van der Waals surface area contributed by atoms with Crippen LogP contribution in [0.2, 0.25) is 0 Å². The monoisotopic (exact) mass is 242 g/mol. The van der Waals surface area contributed by atoms with Gasteiger partial charge in [-0.1, -0.05) is 12.8 Å². The molecule has 0 aliphatic carbocycles. The highest BCUT2D eigenvalue weighted by atomic mass is 15.0. The molecule has 4 nitrogen and oxygen atoms in total. The minimum absolute atomic E-state index is 1.10. The largest absolute Gasteiger partial charge is 0.315 e. The Bertz CT molecular complexity index is 82.9. The van der Waals surface area contributed by atoms with Crippen molar-refractivity contribution in [3.8, 4) is 0 Å². The van der Waals surface area contributed by atoms with Gasteiger partial charge < -0.3 is 21.3 Å². The van der Waals surface area contributed by atoms with Crippen LogP contribution in [0.3, 0.4) is 0 Å². The molecule has 4 N–H and O–H groups in total. The zero-order valence-electron chi connectivity index (χ0n) is 11.2. The maximum absolute atomic E-state index is 3.49. The van der Waals surface area contributed by atoms with Crippen LogP contribution in [0.15, 0.2) is 0 Å². The lowest BCUT2D eigenvalue weighted by molar-refractivity contribution is 0.556. The average molecular weight is 242 g/mol. The molecule has 1 aliphatic heterocycles. The summed E-state index contributed by atoms with van der Waals surface area (Å²) in [4.78, 5) is 0. The van der Waals surface area contributed by atoms with Gasteiger partial charge in [-0.25, -0.2) is 0 Å². The fraction of sp³-hybridized carbons (Fsp3) is 1.00. The van der Waals surface area contributed by atoms with Crippen LogP contribution in [0.5, 0.6) is 0 Å². The highest BCUT2D eigenvalue weighted by Crippen LogP contribution is 1.97.